The normalized spacial score (nSPS) is 10.8. The molecule has 0 saturated heterocycles. The Labute approximate surface area is 197 Å². The number of carbonyl (C=O) groups is 2. The Hall–Kier alpha value is -1.11. The third-order valence-corrected chi connectivity index (χ3v) is 6.25. The van der Waals surface area contributed by atoms with E-state index in [2.05, 4.69) is 34.8 Å². The second-order valence-electron chi connectivity index (χ2n) is 8.17. The Morgan fingerprint density at radius 3 is 1.87 bits per heavy atom. The molecule has 1 aromatic carbocycles. The fourth-order valence-electron chi connectivity index (χ4n) is 3.47. The van der Waals surface area contributed by atoms with Crippen LogP contribution in [0.15, 0.2) is 18.2 Å². The number of ether oxygens (including phenoxy) is 1. The quantitative estimate of drug-likeness (QED) is 0.175. The first-order valence-corrected chi connectivity index (χ1v) is 12.9. The van der Waals surface area contributed by atoms with E-state index >= 15 is 0 Å². The van der Waals surface area contributed by atoms with Crippen molar-refractivity contribution in [2.75, 3.05) is 6.61 Å². The maximum Gasteiger partial charge on any atom is 0.414 e. The number of unbranched alkanes of at least 4 members (excludes halogenated alkanes) is 13. The molecule has 0 fully saturated rings. The van der Waals surface area contributed by atoms with Crippen molar-refractivity contribution in [3.8, 4) is 0 Å². The van der Waals surface area contributed by atoms with Crippen LogP contribution in [0, 0.1) is 10.5 Å². The second-order valence-corrected chi connectivity index (χ2v) is 9.33. The number of rotatable bonds is 16. The molecular weight excluding hydrogens is 489 g/mol. The van der Waals surface area contributed by atoms with E-state index in [-0.39, 0.29) is 0 Å². The smallest absolute Gasteiger partial charge is 0.414 e. The molecule has 30 heavy (non-hydrogen) atoms. The molecule has 0 aliphatic rings. The number of aryl methyl sites for hydroxylation is 1. The van der Waals surface area contributed by atoms with Gasteiger partial charge in [-0.25, -0.2) is 4.79 Å². The van der Waals surface area contributed by atoms with Crippen LogP contribution < -0.4 is 5.32 Å². The molecule has 0 heterocycles. The van der Waals surface area contributed by atoms with Crippen LogP contribution in [0.1, 0.15) is 113 Å². The van der Waals surface area contributed by atoms with Crippen LogP contribution >= 0.6 is 22.6 Å². The van der Waals surface area contributed by atoms with Crippen molar-refractivity contribution in [2.45, 2.75) is 104 Å². The molecule has 1 N–H and O–H groups in total. The van der Waals surface area contributed by atoms with Crippen LogP contribution in [0.5, 0.6) is 0 Å². The van der Waals surface area contributed by atoms with Gasteiger partial charge in [-0.1, -0.05) is 102 Å². The Balaban J connectivity index is 1.93. The summed E-state index contributed by atoms with van der Waals surface area (Å²) in [7, 11) is 0. The summed E-state index contributed by atoms with van der Waals surface area (Å²) in [6.07, 6.45) is 17.4. The van der Waals surface area contributed by atoms with Gasteiger partial charge >= 0.3 is 6.09 Å². The Morgan fingerprint density at radius 1 is 0.833 bits per heavy atom. The summed E-state index contributed by atoms with van der Waals surface area (Å²) in [5, 5.41) is 2.31. The van der Waals surface area contributed by atoms with E-state index in [9.17, 15) is 9.59 Å². The summed E-state index contributed by atoms with van der Waals surface area (Å²) < 4.78 is 5.95. The van der Waals surface area contributed by atoms with Gasteiger partial charge in [-0.3, -0.25) is 10.1 Å². The summed E-state index contributed by atoms with van der Waals surface area (Å²) >= 11 is 2.09. The fraction of sp³-hybridized carbons (Fsp3) is 0.680. The molecule has 1 rings (SSSR count). The summed E-state index contributed by atoms with van der Waals surface area (Å²) in [4.78, 5) is 24.0. The molecule has 2 amide bonds. The van der Waals surface area contributed by atoms with Crippen molar-refractivity contribution < 1.29 is 14.3 Å². The molecule has 170 valence electrons. The number of nitrogens with one attached hydrogen (secondary N) is 1. The fourth-order valence-corrected chi connectivity index (χ4v) is 4.05. The maximum atomic E-state index is 12.2. The van der Waals surface area contributed by atoms with Gasteiger partial charge in [0.25, 0.3) is 5.91 Å². The van der Waals surface area contributed by atoms with Crippen LogP contribution in [0.25, 0.3) is 0 Å². The SMILES string of the molecule is CCCCCCCCCCCCCCCCOC(=O)NC(=O)c1cc(C)ccc1I. The Kier molecular flexibility index (Phi) is 15.8. The molecule has 0 spiro atoms. The summed E-state index contributed by atoms with van der Waals surface area (Å²) in [5.41, 5.74) is 1.49. The van der Waals surface area contributed by atoms with Crippen molar-refractivity contribution in [3.63, 3.8) is 0 Å². The van der Waals surface area contributed by atoms with Crippen LogP contribution in [-0.2, 0) is 4.74 Å². The molecule has 0 atom stereocenters. The zero-order valence-electron chi connectivity index (χ0n) is 18.9. The number of hydrogen-bond acceptors (Lipinski definition) is 3. The van der Waals surface area contributed by atoms with E-state index in [0.29, 0.717) is 12.2 Å². The lowest BCUT2D eigenvalue weighted by Crippen LogP contribution is -2.31. The van der Waals surface area contributed by atoms with Crippen LogP contribution in [0.3, 0.4) is 0 Å². The van der Waals surface area contributed by atoms with Gasteiger partial charge in [0.05, 0.1) is 12.2 Å². The molecule has 4 nitrogen and oxygen atoms in total. The van der Waals surface area contributed by atoms with Crippen molar-refractivity contribution in [2.24, 2.45) is 0 Å². The van der Waals surface area contributed by atoms with E-state index in [4.69, 9.17) is 4.74 Å². The lowest BCUT2D eigenvalue weighted by atomic mass is 10.0. The molecule has 0 saturated carbocycles. The molecule has 5 heteroatoms. The average Bonchev–Trinajstić information content (AvgIpc) is 2.72. The minimum absolute atomic E-state index is 0.363. The number of carbonyl (C=O) groups excluding carboxylic acids is 2. The minimum Gasteiger partial charge on any atom is -0.449 e. The van der Waals surface area contributed by atoms with E-state index in [1.807, 2.05) is 19.1 Å². The highest BCUT2D eigenvalue weighted by Gasteiger charge is 2.14. The summed E-state index contributed by atoms with van der Waals surface area (Å²) in [6.45, 7) is 4.54. The molecule has 0 aliphatic heterocycles. The monoisotopic (exact) mass is 529 g/mol. The second kappa shape index (κ2) is 17.6. The lowest BCUT2D eigenvalue weighted by molar-refractivity contribution is 0.0917. The number of benzene rings is 1. The van der Waals surface area contributed by atoms with Gasteiger partial charge in [-0.05, 0) is 48.1 Å². The van der Waals surface area contributed by atoms with Gasteiger partial charge < -0.3 is 4.74 Å². The highest BCUT2D eigenvalue weighted by Crippen LogP contribution is 2.15. The Bertz CT molecular complexity index is 618. The van der Waals surface area contributed by atoms with Gasteiger partial charge in [-0.2, -0.15) is 0 Å². The van der Waals surface area contributed by atoms with E-state index in [0.717, 1.165) is 22.0 Å². The maximum absolute atomic E-state index is 12.2. The van der Waals surface area contributed by atoms with Gasteiger partial charge in [-0.15, -0.1) is 0 Å². The molecule has 0 bridgehead atoms. The topological polar surface area (TPSA) is 55.4 Å². The van der Waals surface area contributed by atoms with Gasteiger partial charge in [0.15, 0.2) is 0 Å². The molecule has 0 aliphatic carbocycles. The standard InChI is InChI=1S/C25H40INO3/c1-3-4-5-6-7-8-9-10-11-12-13-14-15-16-19-30-25(29)27-24(28)22-20-21(2)17-18-23(22)26/h17-18,20H,3-16,19H2,1-2H3,(H,27,28,29). The zero-order chi connectivity index (χ0) is 22.0. The van der Waals surface area contributed by atoms with Gasteiger partial charge in [0.2, 0.25) is 0 Å². The van der Waals surface area contributed by atoms with Crippen molar-refractivity contribution >= 4 is 34.6 Å². The van der Waals surface area contributed by atoms with E-state index < -0.39 is 12.0 Å². The van der Waals surface area contributed by atoms with Crippen LogP contribution in [0.2, 0.25) is 0 Å². The highest BCUT2D eigenvalue weighted by molar-refractivity contribution is 14.1. The number of hydrogen-bond donors (Lipinski definition) is 1. The highest BCUT2D eigenvalue weighted by atomic mass is 127. The molecule has 0 radical (unpaired) electrons. The van der Waals surface area contributed by atoms with Crippen LogP contribution in [-0.4, -0.2) is 18.6 Å². The Morgan fingerprint density at radius 2 is 1.33 bits per heavy atom. The lowest BCUT2D eigenvalue weighted by Gasteiger charge is -2.08. The summed E-state index contributed by atoms with van der Waals surface area (Å²) in [5.74, 6) is -0.408. The number of halogens is 1. The number of alkyl carbamates (subject to hydrolysis) is 1. The van der Waals surface area contributed by atoms with Crippen molar-refractivity contribution in [3.05, 3.63) is 32.9 Å². The minimum atomic E-state index is -0.660. The van der Waals surface area contributed by atoms with E-state index in [1.165, 1.54) is 77.0 Å². The predicted octanol–water partition coefficient (Wildman–Crippen LogP) is 7.95. The summed E-state index contributed by atoms with van der Waals surface area (Å²) in [6, 6.07) is 5.58. The third-order valence-electron chi connectivity index (χ3n) is 5.31. The van der Waals surface area contributed by atoms with Crippen LogP contribution in [0.4, 0.5) is 4.79 Å². The predicted molar refractivity (Wildman–Crippen MR) is 133 cm³/mol. The molecule has 0 aromatic heterocycles. The van der Waals surface area contributed by atoms with E-state index in [1.54, 1.807) is 6.07 Å². The van der Waals surface area contributed by atoms with Crippen molar-refractivity contribution in [1.82, 2.24) is 5.32 Å². The van der Waals surface area contributed by atoms with Gasteiger partial charge in [0, 0.05) is 3.57 Å². The van der Waals surface area contributed by atoms with Crippen molar-refractivity contribution in [1.29, 1.82) is 0 Å². The first kappa shape index (κ1) is 26.9. The molecule has 1 aromatic rings. The average molecular weight is 530 g/mol. The largest absolute Gasteiger partial charge is 0.449 e. The number of amides is 2. The molecular formula is C25H40INO3. The third kappa shape index (κ3) is 13.2. The number of imide groups is 1. The zero-order valence-corrected chi connectivity index (χ0v) is 21.1. The molecule has 0 unspecified atom stereocenters. The van der Waals surface area contributed by atoms with Gasteiger partial charge in [0.1, 0.15) is 0 Å². The first-order chi connectivity index (χ1) is 14.5. The first-order valence-electron chi connectivity index (χ1n) is 11.8.